The van der Waals surface area contributed by atoms with Crippen molar-refractivity contribution in [1.82, 2.24) is 0 Å². The maximum absolute atomic E-state index is 12.9. The van der Waals surface area contributed by atoms with Crippen LogP contribution in [0.1, 0.15) is 37.7 Å². The molecule has 0 spiro atoms. The Morgan fingerprint density at radius 3 is 2.75 bits per heavy atom. The molecule has 1 fully saturated rings. The number of rotatable bonds is 4. The second-order valence-electron chi connectivity index (χ2n) is 4.78. The minimum Gasteiger partial charge on any atom is -0.393 e. The van der Waals surface area contributed by atoms with Gasteiger partial charge in [0.25, 0.3) is 0 Å². The Kier molecular flexibility index (Phi) is 3.94. The summed E-state index contributed by atoms with van der Waals surface area (Å²) >= 11 is 0. The number of benzene rings is 1. The molecule has 16 heavy (non-hydrogen) atoms. The van der Waals surface area contributed by atoms with E-state index in [4.69, 9.17) is 0 Å². The molecule has 1 N–H and O–H groups in total. The largest absolute Gasteiger partial charge is 0.393 e. The molecule has 1 aliphatic rings. The Bertz CT molecular complexity index is 331. The van der Waals surface area contributed by atoms with Gasteiger partial charge in [-0.3, -0.25) is 0 Å². The summed E-state index contributed by atoms with van der Waals surface area (Å²) in [5.74, 6) is 0.293. The number of halogens is 1. The fourth-order valence-electron chi connectivity index (χ4n) is 2.58. The molecule has 1 aromatic rings. The zero-order valence-electron chi connectivity index (χ0n) is 9.53. The lowest BCUT2D eigenvalue weighted by atomic mass is 9.95. The van der Waals surface area contributed by atoms with Crippen LogP contribution in [-0.2, 0) is 6.42 Å². The summed E-state index contributed by atoms with van der Waals surface area (Å²) in [7, 11) is 0. The number of hydrogen-bond acceptors (Lipinski definition) is 1. The highest BCUT2D eigenvalue weighted by molar-refractivity contribution is 5.16. The van der Waals surface area contributed by atoms with Crippen molar-refractivity contribution in [2.24, 2.45) is 5.92 Å². The van der Waals surface area contributed by atoms with Gasteiger partial charge < -0.3 is 5.11 Å². The molecule has 1 aromatic carbocycles. The Morgan fingerprint density at radius 2 is 2.06 bits per heavy atom. The Morgan fingerprint density at radius 1 is 1.31 bits per heavy atom. The normalized spacial score (nSPS) is 18.9. The first kappa shape index (κ1) is 11.6. The molecule has 88 valence electrons. The maximum Gasteiger partial charge on any atom is 0.123 e. The molecule has 1 aliphatic carbocycles. The van der Waals surface area contributed by atoms with Crippen LogP contribution in [-0.4, -0.2) is 11.2 Å². The Hall–Kier alpha value is -0.890. The number of aliphatic hydroxyl groups is 1. The summed E-state index contributed by atoms with van der Waals surface area (Å²) in [6, 6.07) is 6.66. The van der Waals surface area contributed by atoms with Gasteiger partial charge in [-0.05, 0) is 49.3 Å². The van der Waals surface area contributed by atoms with Crippen LogP contribution >= 0.6 is 0 Å². The molecule has 1 nitrogen and oxygen atoms in total. The van der Waals surface area contributed by atoms with Gasteiger partial charge in [0.05, 0.1) is 6.10 Å². The van der Waals surface area contributed by atoms with E-state index in [0.717, 1.165) is 31.2 Å². The van der Waals surface area contributed by atoms with Crippen molar-refractivity contribution in [3.8, 4) is 0 Å². The lowest BCUT2D eigenvalue weighted by molar-refractivity contribution is 0.102. The van der Waals surface area contributed by atoms with Crippen LogP contribution in [0.2, 0.25) is 0 Å². The van der Waals surface area contributed by atoms with Gasteiger partial charge in [0.1, 0.15) is 5.82 Å². The van der Waals surface area contributed by atoms with Crippen LogP contribution in [0.25, 0.3) is 0 Å². The fraction of sp³-hybridized carbons (Fsp3) is 0.571. The van der Waals surface area contributed by atoms with Gasteiger partial charge in [0.2, 0.25) is 0 Å². The first-order valence-electron chi connectivity index (χ1n) is 6.18. The van der Waals surface area contributed by atoms with E-state index in [-0.39, 0.29) is 11.9 Å². The SMILES string of the molecule is OC(CCc1cccc(F)c1)C1CCCC1. The van der Waals surface area contributed by atoms with Crippen molar-refractivity contribution >= 4 is 0 Å². The third-order valence-corrected chi connectivity index (χ3v) is 3.56. The molecule has 0 saturated heterocycles. The van der Waals surface area contributed by atoms with E-state index in [1.54, 1.807) is 12.1 Å². The van der Waals surface area contributed by atoms with Crippen molar-refractivity contribution < 1.29 is 9.50 Å². The van der Waals surface area contributed by atoms with Gasteiger partial charge in [0, 0.05) is 0 Å². The van der Waals surface area contributed by atoms with E-state index in [1.165, 1.54) is 18.9 Å². The van der Waals surface area contributed by atoms with Gasteiger partial charge >= 0.3 is 0 Å². The van der Waals surface area contributed by atoms with Gasteiger partial charge in [-0.15, -0.1) is 0 Å². The third kappa shape index (κ3) is 3.05. The van der Waals surface area contributed by atoms with E-state index < -0.39 is 0 Å². The molecule has 2 rings (SSSR count). The van der Waals surface area contributed by atoms with Crippen molar-refractivity contribution in [1.29, 1.82) is 0 Å². The zero-order chi connectivity index (χ0) is 11.4. The highest BCUT2D eigenvalue weighted by atomic mass is 19.1. The lowest BCUT2D eigenvalue weighted by Crippen LogP contribution is -2.18. The summed E-state index contributed by atoms with van der Waals surface area (Å²) in [5.41, 5.74) is 0.983. The van der Waals surface area contributed by atoms with Gasteiger partial charge in [-0.1, -0.05) is 25.0 Å². The second kappa shape index (κ2) is 5.44. The molecule has 1 saturated carbocycles. The monoisotopic (exact) mass is 222 g/mol. The highest BCUT2D eigenvalue weighted by Crippen LogP contribution is 2.29. The van der Waals surface area contributed by atoms with E-state index in [9.17, 15) is 9.50 Å². The molecule has 0 aromatic heterocycles. The summed E-state index contributed by atoms with van der Waals surface area (Å²) in [6.07, 6.45) is 6.15. The average molecular weight is 222 g/mol. The number of hydrogen-bond donors (Lipinski definition) is 1. The van der Waals surface area contributed by atoms with Crippen LogP contribution < -0.4 is 0 Å². The molecule has 0 amide bonds. The average Bonchev–Trinajstić information content (AvgIpc) is 2.79. The molecule has 1 unspecified atom stereocenters. The zero-order valence-corrected chi connectivity index (χ0v) is 9.53. The Labute approximate surface area is 96.3 Å². The van der Waals surface area contributed by atoms with Gasteiger partial charge in [-0.2, -0.15) is 0 Å². The first-order valence-corrected chi connectivity index (χ1v) is 6.18. The van der Waals surface area contributed by atoms with Crippen LogP contribution in [0, 0.1) is 11.7 Å². The van der Waals surface area contributed by atoms with Crippen LogP contribution in [0.4, 0.5) is 4.39 Å². The minimum atomic E-state index is -0.203. The second-order valence-corrected chi connectivity index (χ2v) is 4.78. The topological polar surface area (TPSA) is 20.2 Å². The van der Waals surface area contributed by atoms with Crippen LogP contribution in [0.15, 0.2) is 24.3 Å². The lowest BCUT2D eigenvalue weighted by Gasteiger charge is -2.17. The molecule has 1 atom stereocenters. The maximum atomic E-state index is 12.9. The molecule has 0 heterocycles. The minimum absolute atomic E-state index is 0.187. The van der Waals surface area contributed by atoms with Crippen LogP contribution in [0.3, 0.4) is 0 Å². The van der Waals surface area contributed by atoms with E-state index in [1.807, 2.05) is 6.07 Å². The Balaban J connectivity index is 1.82. The first-order chi connectivity index (χ1) is 7.75. The van der Waals surface area contributed by atoms with Crippen molar-refractivity contribution in [3.63, 3.8) is 0 Å². The molecular weight excluding hydrogens is 203 g/mol. The molecule has 0 aliphatic heterocycles. The number of aliphatic hydroxyl groups excluding tert-OH is 1. The van der Waals surface area contributed by atoms with Crippen LogP contribution in [0.5, 0.6) is 0 Å². The predicted octanol–water partition coefficient (Wildman–Crippen LogP) is 3.31. The number of aryl methyl sites for hydroxylation is 1. The standard InChI is InChI=1S/C14H19FO/c15-13-7-3-4-11(10-13)8-9-14(16)12-5-1-2-6-12/h3-4,7,10,12,14,16H,1-2,5-6,8-9H2. The summed E-state index contributed by atoms with van der Waals surface area (Å²) in [5, 5.41) is 9.99. The smallest absolute Gasteiger partial charge is 0.123 e. The quantitative estimate of drug-likeness (QED) is 0.828. The molecular formula is C14H19FO. The van der Waals surface area contributed by atoms with Crippen molar-refractivity contribution in [2.45, 2.75) is 44.6 Å². The van der Waals surface area contributed by atoms with Gasteiger partial charge in [-0.25, -0.2) is 4.39 Å². The summed E-state index contributed by atoms with van der Waals surface area (Å²) in [6.45, 7) is 0. The van der Waals surface area contributed by atoms with E-state index in [2.05, 4.69) is 0 Å². The summed E-state index contributed by atoms with van der Waals surface area (Å²) < 4.78 is 12.9. The summed E-state index contributed by atoms with van der Waals surface area (Å²) in [4.78, 5) is 0. The van der Waals surface area contributed by atoms with E-state index in [0.29, 0.717) is 5.92 Å². The third-order valence-electron chi connectivity index (χ3n) is 3.56. The molecule has 0 radical (unpaired) electrons. The highest BCUT2D eigenvalue weighted by Gasteiger charge is 2.22. The predicted molar refractivity (Wildman–Crippen MR) is 62.7 cm³/mol. The fourth-order valence-corrected chi connectivity index (χ4v) is 2.58. The van der Waals surface area contributed by atoms with E-state index >= 15 is 0 Å². The van der Waals surface area contributed by atoms with Crippen molar-refractivity contribution in [3.05, 3.63) is 35.6 Å². The van der Waals surface area contributed by atoms with Crippen molar-refractivity contribution in [2.75, 3.05) is 0 Å². The van der Waals surface area contributed by atoms with Gasteiger partial charge in [0.15, 0.2) is 0 Å². The molecule has 0 bridgehead atoms. The molecule has 2 heteroatoms.